The van der Waals surface area contributed by atoms with Gasteiger partial charge in [-0.1, -0.05) is 13.0 Å². The van der Waals surface area contributed by atoms with Crippen LogP contribution in [-0.2, 0) is 11.3 Å². The molecule has 2 saturated heterocycles. The Kier molecular flexibility index (Phi) is 4.88. The molecular weight excluding hydrogens is 298 g/mol. The summed E-state index contributed by atoms with van der Waals surface area (Å²) in [6, 6.07) is 4.09. The number of hydrogen-bond donors (Lipinski definition) is 0. The highest BCUT2D eigenvalue weighted by atomic mass is 16.5. The molecule has 3 fully saturated rings. The second-order valence-electron chi connectivity index (χ2n) is 8.19. The Balaban J connectivity index is 1.34. The molecule has 2 atom stereocenters. The van der Waals surface area contributed by atoms with Gasteiger partial charge in [-0.3, -0.25) is 4.98 Å². The molecule has 1 spiro atoms. The van der Waals surface area contributed by atoms with Gasteiger partial charge in [-0.25, -0.2) is 0 Å². The highest BCUT2D eigenvalue weighted by Gasteiger charge is 2.50. The number of rotatable bonds is 7. The van der Waals surface area contributed by atoms with E-state index in [0.29, 0.717) is 17.9 Å². The van der Waals surface area contributed by atoms with Crippen molar-refractivity contribution in [1.29, 1.82) is 0 Å². The fourth-order valence-electron chi connectivity index (χ4n) is 4.69. The molecule has 0 aromatic carbocycles. The quantitative estimate of drug-likeness (QED) is 0.769. The maximum Gasteiger partial charge on any atom is 0.0731 e. The van der Waals surface area contributed by atoms with Gasteiger partial charge >= 0.3 is 0 Å². The summed E-state index contributed by atoms with van der Waals surface area (Å²) in [5, 5.41) is 0. The van der Waals surface area contributed by atoms with Crippen molar-refractivity contribution < 1.29 is 4.74 Å². The Labute approximate surface area is 146 Å². The maximum atomic E-state index is 6.13. The molecular formula is C20H31N3O. The summed E-state index contributed by atoms with van der Waals surface area (Å²) in [4.78, 5) is 9.56. The number of nitrogens with zero attached hydrogens (tertiary/aromatic N) is 3. The van der Waals surface area contributed by atoms with Crippen molar-refractivity contribution in [3.63, 3.8) is 0 Å². The number of ether oxygens (including phenoxy) is 1. The molecule has 1 aromatic heterocycles. The molecule has 3 heterocycles. The predicted molar refractivity (Wildman–Crippen MR) is 95.7 cm³/mol. The topological polar surface area (TPSA) is 28.6 Å². The second kappa shape index (κ2) is 7.11. The normalized spacial score (nSPS) is 31.3. The molecule has 1 aliphatic carbocycles. The van der Waals surface area contributed by atoms with Crippen molar-refractivity contribution in [2.45, 2.75) is 32.8 Å². The first-order valence-electron chi connectivity index (χ1n) is 9.69. The lowest BCUT2D eigenvalue weighted by molar-refractivity contribution is 0.0516. The average molecular weight is 329 g/mol. The van der Waals surface area contributed by atoms with E-state index in [2.05, 4.69) is 27.8 Å². The van der Waals surface area contributed by atoms with E-state index in [1.54, 1.807) is 0 Å². The number of pyridine rings is 1. The minimum Gasteiger partial charge on any atom is -0.376 e. The van der Waals surface area contributed by atoms with Crippen molar-refractivity contribution in [2.24, 2.45) is 17.3 Å². The zero-order valence-electron chi connectivity index (χ0n) is 15.0. The van der Waals surface area contributed by atoms with Gasteiger partial charge in [0.15, 0.2) is 0 Å². The Morgan fingerprint density at radius 1 is 1.29 bits per heavy atom. The van der Waals surface area contributed by atoms with E-state index >= 15 is 0 Å². The van der Waals surface area contributed by atoms with Crippen LogP contribution < -0.4 is 0 Å². The van der Waals surface area contributed by atoms with Crippen molar-refractivity contribution in [1.82, 2.24) is 14.8 Å². The molecule has 3 aliphatic rings. The third-order valence-corrected chi connectivity index (χ3v) is 6.32. The summed E-state index contributed by atoms with van der Waals surface area (Å²) < 4.78 is 6.13. The molecule has 1 saturated carbocycles. The minimum atomic E-state index is 0.472. The molecule has 1 aromatic rings. The summed E-state index contributed by atoms with van der Waals surface area (Å²) in [7, 11) is 0. The van der Waals surface area contributed by atoms with E-state index in [1.165, 1.54) is 64.1 Å². The number of likely N-dealkylation sites (tertiary alicyclic amines) is 2. The number of aromatic nitrogens is 1. The molecule has 0 bridgehead atoms. The van der Waals surface area contributed by atoms with Crippen LogP contribution >= 0.6 is 0 Å². The molecule has 4 nitrogen and oxygen atoms in total. The average Bonchev–Trinajstić information content (AvgIpc) is 3.23. The lowest BCUT2D eigenvalue weighted by atomic mass is 9.77. The van der Waals surface area contributed by atoms with Gasteiger partial charge in [0, 0.05) is 49.9 Å². The van der Waals surface area contributed by atoms with Gasteiger partial charge < -0.3 is 14.5 Å². The van der Waals surface area contributed by atoms with Crippen LogP contribution in [0.3, 0.4) is 0 Å². The maximum absolute atomic E-state index is 6.13. The van der Waals surface area contributed by atoms with Crippen LogP contribution in [0.4, 0.5) is 0 Å². The van der Waals surface area contributed by atoms with Gasteiger partial charge in [0.05, 0.1) is 13.2 Å². The summed E-state index contributed by atoms with van der Waals surface area (Å²) >= 11 is 0. The van der Waals surface area contributed by atoms with Gasteiger partial charge in [0.25, 0.3) is 0 Å². The summed E-state index contributed by atoms with van der Waals surface area (Å²) in [6.45, 7) is 11.5. The molecule has 0 unspecified atom stereocenters. The lowest BCUT2D eigenvalue weighted by Crippen LogP contribution is -2.36. The summed E-state index contributed by atoms with van der Waals surface area (Å²) in [5.74, 6) is 1.68. The van der Waals surface area contributed by atoms with E-state index in [4.69, 9.17) is 4.74 Å². The standard InChI is InChI=1S/C20H31N3O/c1-2-22-12-19(14-24-13-18-4-3-8-21-10-18)20(15-22)7-9-23(16-20)11-17-5-6-17/h3-4,8,10,17,19H,2,5-7,9,11-16H2,1H3/t19-,20-/m0/s1. The van der Waals surface area contributed by atoms with Crippen molar-refractivity contribution in [3.8, 4) is 0 Å². The molecule has 132 valence electrons. The van der Waals surface area contributed by atoms with Crippen LogP contribution in [0.25, 0.3) is 0 Å². The van der Waals surface area contributed by atoms with Crippen molar-refractivity contribution >= 4 is 0 Å². The molecule has 2 aliphatic heterocycles. The largest absolute Gasteiger partial charge is 0.376 e. The number of hydrogen-bond acceptors (Lipinski definition) is 4. The highest BCUT2D eigenvalue weighted by molar-refractivity contribution is 5.07. The van der Waals surface area contributed by atoms with Gasteiger partial charge in [-0.05, 0) is 49.9 Å². The molecule has 0 amide bonds. The van der Waals surface area contributed by atoms with E-state index < -0.39 is 0 Å². The fraction of sp³-hybridized carbons (Fsp3) is 0.750. The van der Waals surface area contributed by atoms with Gasteiger partial charge in [0.2, 0.25) is 0 Å². The second-order valence-corrected chi connectivity index (χ2v) is 8.19. The van der Waals surface area contributed by atoms with Crippen molar-refractivity contribution in [2.75, 3.05) is 45.9 Å². The van der Waals surface area contributed by atoms with Gasteiger partial charge in [-0.2, -0.15) is 0 Å². The highest BCUT2D eigenvalue weighted by Crippen LogP contribution is 2.45. The van der Waals surface area contributed by atoms with Crippen molar-refractivity contribution in [3.05, 3.63) is 30.1 Å². The monoisotopic (exact) mass is 329 g/mol. The fourth-order valence-corrected chi connectivity index (χ4v) is 4.69. The summed E-state index contributed by atoms with van der Waals surface area (Å²) in [5.41, 5.74) is 1.65. The molecule has 0 radical (unpaired) electrons. The van der Waals surface area contributed by atoms with E-state index in [1.807, 2.05) is 18.5 Å². The smallest absolute Gasteiger partial charge is 0.0731 e. The van der Waals surface area contributed by atoms with Crippen LogP contribution in [0, 0.1) is 17.3 Å². The van der Waals surface area contributed by atoms with Crippen LogP contribution in [-0.4, -0.2) is 60.7 Å². The zero-order chi connectivity index (χ0) is 16.4. The third-order valence-electron chi connectivity index (χ3n) is 6.32. The van der Waals surface area contributed by atoms with Crippen LogP contribution in [0.2, 0.25) is 0 Å². The Morgan fingerprint density at radius 3 is 2.92 bits per heavy atom. The first kappa shape index (κ1) is 16.5. The molecule has 4 rings (SSSR count). The van der Waals surface area contributed by atoms with Crippen LogP contribution in [0.15, 0.2) is 24.5 Å². The van der Waals surface area contributed by atoms with E-state index in [-0.39, 0.29) is 0 Å². The van der Waals surface area contributed by atoms with Crippen LogP contribution in [0.1, 0.15) is 31.7 Å². The molecule has 24 heavy (non-hydrogen) atoms. The first-order valence-corrected chi connectivity index (χ1v) is 9.69. The zero-order valence-corrected chi connectivity index (χ0v) is 15.0. The Bertz CT molecular complexity index is 533. The molecule has 4 heteroatoms. The first-order chi connectivity index (χ1) is 11.8. The Morgan fingerprint density at radius 2 is 2.17 bits per heavy atom. The third kappa shape index (κ3) is 3.66. The van der Waals surface area contributed by atoms with E-state index in [0.717, 1.165) is 12.5 Å². The van der Waals surface area contributed by atoms with Crippen LogP contribution in [0.5, 0.6) is 0 Å². The van der Waals surface area contributed by atoms with Gasteiger partial charge in [0.1, 0.15) is 0 Å². The predicted octanol–water partition coefficient (Wildman–Crippen LogP) is 2.65. The summed E-state index contributed by atoms with van der Waals surface area (Å²) in [6.07, 6.45) is 8.01. The SMILES string of the molecule is CCN1C[C@@H](COCc2cccnc2)[C@@]2(CCN(CC3CC3)C2)C1. The lowest BCUT2D eigenvalue weighted by Gasteiger charge is -2.30. The minimum absolute atomic E-state index is 0.472. The van der Waals surface area contributed by atoms with E-state index in [9.17, 15) is 0 Å². The molecule has 0 N–H and O–H groups in total. The Hall–Kier alpha value is -0.970. The van der Waals surface area contributed by atoms with Gasteiger partial charge in [-0.15, -0.1) is 0 Å².